The number of rotatable bonds is 3. The summed E-state index contributed by atoms with van der Waals surface area (Å²) < 4.78 is 1.88. The van der Waals surface area contributed by atoms with Gasteiger partial charge in [0, 0.05) is 12.7 Å². The van der Waals surface area contributed by atoms with Crippen LogP contribution in [-0.4, -0.2) is 35.3 Å². The molecule has 0 radical (unpaired) electrons. The van der Waals surface area contributed by atoms with E-state index < -0.39 is 0 Å². The van der Waals surface area contributed by atoms with E-state index in [1.54, 1.807) is 0 Å². The van der Waals surface area contributed by atoms with Crippen molar-refractivity contribution in [1.29, 1.82) is 0 Å². The van der Waals surface area contributed by atoms with E-state index in [9.17, 15) is 0 Å². The molecule has 0 saturated carbocycles. The molecule has 0 aromatic carbocycles. The molecule has 0 bridgehead atoms. The standard InChI is InChI=1S/C8H16N4/c1-7-8(9)6-12(10-7)5-4-11(2)3/h6H,4-5,9H2,1-3H3. The number of aryl methyl sites for hydroxylation is 1. The average Bonchev–Trinajstić information content (AvgIpc) is 2.28. The van der Waals surface area contributed by atoms with Gasteiger partial charge in [0.1, 0.15) is 0 Å². The monoisotopic (exact) mass is 168 g/mol. The van der Waals surface area contributed by atoms with Gasteiger partial charge in [-0.2, -0.15) is 5.10 Å². The Morgan fingerprint density at radius 1 is 1.58 bits per heavy atom. The molecule has 0 spiro atoms. The Hall–Kier alpha value is -1.03. The minimum absolute atomic E-state index is 0.772. The summed E-state index contributed by atoms with van der Waals surface area (Å²) in [4.78, 5) is 2.12. The van der Waals surface area contributed by atoms with Crippen molar-refractivity contribution in [3.63, 3.8) is 0 Å². The summed E-state index contributed by atoms with van der Waals surface area (Å²) in [7, 11) is 4.08. The lowest BCUT2D eigenvalue weighted by molar-refractivity contribution is 0.373. The Morgan fingerprint density at radius 3 is 2.67 bits per heavy atom. The number of nitrogens with zero attached hydrogens (tertiary/aromatic N) is 3. The van der Waals surface area contributed by atoms with Crippen molar-refractivity contribution in [2.24, 2.45) is 0 Å². The summed E-state index contributed by atoms with van der Waals surface area (Å²) in [6.07, 6.45) is 1.87. The second-order valence-corrected chi connectivity index (χ2v) is 3.24. The fourth-order valence-electron chi connectivity index (χ4n) is 0.950. The molecule has 1 heterocycles. The molecule has 0 aliphatic carbocycles. The number of nitrogen functional groups attached to an aromatic ring is 1. The van der Waals surface area contributed by atoms with Crippen LogP contribution < -0.4 is 5.73 Å². The van der Waals surface area contributed by atoms with Crippen LogP contribution >= 0.6 is 0 Å². The van der Waals surface area contributed by atoms with Crippen LogP contribution in [0, 0.1) is 6.92 Å². The van der Waals surface area contributed by atoms with Gasteiger partial charge in [0.25, 0.3) is 0 Å². The highest BCUT2D eigenvalue weighted by molar-refractivity contribution is 5.39. The van der Waals surface area contributed by atoms with Crippen molar-refractivity contribution in [3.05, 3.63) is 11.9 Å². The largest absolute Gasteiger partial charge is 0.396 e. The van der Waals surface area contributed by atoms with E-state index in [1.807, 2.05) is 31.9 Å². The first-order valence-electron chi connectivity index (χ1n) is 4.04. The van der Waals surface area contributed by atoms with Gasteiger partial charge in [-0.15, -0.1) is 0 Å². The first kappa shape index (κ1) is 9.06. The van der Waals surface area contributed by atoms with Crippen molar-refractivity contribution in [3.8, 4) is 0 Å². The summed E-state index contributed by atoms with van der Waals surface area (Å²) in [5, 5.41) is 4.25. The lowest BCUT2D eigenvalue weighted by atomic mass is 10.4. The van der Waals surface area contributed by atoms with Gasteiger partial charge in [0.15, 0.2) is 0 Å². The lowest BCUT2D eigenvalue weighted by Crippen LogP contribution is -2.18. The van der Waals surface area contributed by atoms with Crippen LogP contribution in [0.5, 0.6) is 0 Å². The van der Waals surface area contributed by atoms with Gasteiger partial charge in [0.2, 0.25) is 0 Å². The zero-order valence-corrected chi connectivity index (χ0v) is 7.91. The molecule has 0 atom stereocenters. The van der Waals surface area contributed by atoms with E-state index in [0.717, 1.165) is 24.5 Å². The molecule has 0 aliphatic rings. The Morgan fingerprint density at radius 2 is 2.25 bits per heavy atom. The number of hydrogen-bond donors (Lipinski definition) is 1. The third-order valence-electron chi connectivity index (χ3n) is 1.76. The predicted octanol–water partition coefficient (Wildman–Crippen LogP) is 0.335. The molecule has 0 amide bonds. The third kappa shape index (κ3) is 2.23. The summed E-state index contributed by atoms with van der Waals surface area (Å²) >= 11 is 0. The molecular weight excluding hydrogens is 152 g/mol. The molecule has 0 saturated heterocycles. The highest BCUT2D eigenvalue weighted by Crippen LogP contribution is 2.05. The number of aromatic nitrogens is 2. The first-order chi connectivity index (χ1) is 5.59. The van der Waals surface area contributed by atoms with E-state index in [0.29, 0.717) is 0 Å². The predicted molar refractivity (Wildman–Crippen MR) is 49.9 cm³/mol. The quantitative estimate of drug-likeness (QED) is 0.707. The summed E-state index contributed by atoms with van der Waals surface area (Å²) in [5.41, 5.74) is 7.33. The number of nitrogens with two attached hydrogens (primary N) is 1. The van der Waals surface area contributed by atoms with Crippen molar-refractivity contribution in [1.82, 2.24) is 14.7 Å². The van der Waals surface area contributed by atoms with Crippen molar-refractivity contribution >= 4 is 5.69 Å². The maximum absolute atomic E-state index is 5.65. The SMILES string of the molecule is Cc1nn(CCN(C)C)cc1N. The van der Waals surface area contributed by atoms with E-state index in [2.05, 4.69) is 10.00 Å². The van der Waals surface area contributed by atoms with E-state index in [-0.39, 0.29) is 0 Å². The van der Waals surface area contributed by atoms with Gasteiger partial charge in [-0.1, -0.05) is 0 Å². The van der Waals surface area contributed by atoms with Crippen LogP contribution in [0.15, 0.2) is 6.20 Å². The Kier molecular flexibility index (Phi) is 2.70. The van der Waals surface area contributed by atoms with Crippen molar-refractivity contribution in [2.45, 2.75) is 13.5 Å². The van der Waals surface area contributed by atoms with Crippen molar-refractivity contribution < 1.29 is 0 Å². The van der Waals surface area contributed by atoms with E-state index in [4.69, 9.17) is 5.73 Å². The van der Waals surface area contributed by atoms with Crippen LogP contribution in [0.1, 0.15) is 5.69 Å². The molecule has 0 unspecified atom stereocenters. The van der Waals surface area contributed by atoms with Crippen molar-refractivity contribution in [2.75, 3.05) is 26.4 Å². The highest BCUT2D eigenvalue weighted by Gasteiger charge is 1.99. The average molecular weight is 168 g/mol. The molecule has 0 aliphatic heterocycles. The minimum atomic E-state index is 0.772. The maximum Gasteiger partial charge on any atom is 0.0822 e. The fraction of sp³-hybridized carbons (Fsp3) is 0.625. The molecule has 0 fully saturated rings. The lowest BCUT2D eigenvalue weighted by Gasteiger charge is -2.08. The van der Waals surface area contributed by atoms with Crippen LogP contribution in [-0.2, 0) is 6.54 Å². The van der Waals surface area contributed by atoms with E-state index in [1.165, 1.54) is 0 Å². The number of likely N-dealkylation sites (N-methyl/N-ethyl adjacent to an activating group) is 1. The first-order valence-corrected chi connectivity index (χ1v) is 4.04. The third-order valence-corrected chi connectivity index (χ3v) is 1.76. The molecule has 12 heavy (non-hydrogen) atoms. The smallest absolute Gasteiger partial charge is 0.0822 e. The topological polar surface area (TPSA) is 47.1 Å². The number of hydrogen-bond acceptors (Lipinski definition) is 3. The maximum atomic E-state index is 5.65. The Balaban J connectivity index is 2.53. The molecule has 4 nitrogen and oxygen atoms in total. The van der Waals surface area contributed by atoms with Gasteiger partial charge >= 0.3 is 0 Å². The summed E-state index contributed by atoms with van der Waals surface area (Å²) in [6, 6.07) is 0. The van der Waals surface area contributed by atoms with Crippen LogP contribution in [0.25, 0.3) is 0 Å². The number of anilines is 1. The molecule has 1 aromatic rings. The second kappa shape index (κ2) is 3.58. The van der Waals surface area contributed by atoms with Crippen LogP contribution in [0.3, 0.4) is 0 Å². The van der Waals surface area contributed by atoms with Gasteiger partial charge in [0.05, 0.1) is 17.9 Å². The minimum Gasteiger partial charge on any atom is -0.396 e. The molecule has 2 N–H and O–H groups in total. The van der Waals surface area contributed by atoms with Gasteiger partial charge < -0.3 is 10.6 Å². The summed E-state index contributed by atoms with van der Waals surface area (Å²) in [5.74, 6) is 0. The zero-order chi connectivity index (χ0) is 9.14. The van der Waals surface area contributed by atoms with Crippen LogP contribution in [0.4, 0.5) is 5.69 Å². The zero-order valence-electron chi connectivity index (χ0n) is 7.91. The Labute approximate surface area is 73.0 Å². The molecule has 4 heteroatoms. The molecular formula is C8H16N4. The Bertz CT molecular complexity index is 232. The second-order valence-electron chi connectivity index (χ2n) is 3.24. The molecule has 68 valence electrons. The highest BCUT2D eigenvalue weighted by atomic mass is 15.3. The van der Waals surface area contributed by atoms with E-state index >= 15 is 0 Å². The normalized spacial score (nSPS) is 11.0. The van der Waals surface area contributed by atoms with Gasteiger partial charge in [-0.25, -0.2) is 0 Å². The molecule has 1 aromatic heterocycles. The van der Waals surface area contributed by atoms with Gasteiger partial charge in [-0.3, -0.25) is 4.68 Å². The van der Waals surface area contributed by atoms with Gasteiger partial charge in [-0.05, 0) is 21.0 Å². The van der Waals surface area contributed by atoms with Crippen LogP contribution in [0.2, 0.25) is 0 Å². The molecule has 1 rings (SSSR count). The fourth-order valence-corrected chi connectivity index (χ4v) is 0.950. The summed E-state index contributed by atoms with van der Waals surface area (Å²) in [6.45, 7) is 3.80.